The molecule has 2 rings (SSSR count). The molecule has 7 heteroatoms. The summed E-state index contributed by atoms with van der Waals surface area (Å²) in [5.74, 6) is 1.08. The molecule has 0 bridgehead atoms. The Hall–Kier alpha value is -2.08. The molecule has 0 saturated heterocycles. The third kappa shape index (κ3) is 3.23. The van der Waals surface area contributed by atoms with Crippen LogP contribution < -0.4 is 11.1 Å². The quantitative estimate of drug-likeness (QED) is 0.839. The number of benzene rings is 1. The molecule has 3 N–H and O–H groups in total. The number of hydrogen-bond donors (Lipinski definition) is 2. The van der Waals surface area contributed by atoms with Crippen molar-refractivity contribution >= 4 is 28.9 Å². The smallest absolute Gasteiger partial charge is 0.246 e. The lowest BCUT2D eigenvalue weighted by Crippen LogP contribution is -2.20. The first-order valence-corrected chi connectivity index (χ1v) is 6.06. The molecule has 1 amide bonds. The van der Waals surface area contributed by atoms with Gasteiger partial charge < -0.3 is 11.1 Å². The van der Waals surface area contributed by atoms with Crippen LogP contribution in [0.2, 0.25) is 5.02 Å². The van der Waals surface area contributed by atoms with Crippen LogP contribution in [0.1, 0.15) is 11.6 Å². The van der Waals surface area contributed by atoms with E-state index in [1.807, 2.05) is 0 Å². The van der Waals surface area contributed by atoms with E-state index < -0.39 is 0 Å². The summed E-state index contributed by atoms with van der Waals surface area (Å²) < 4.78 is 1.53. The van der Waals surface area contributed by atoms with Gasteiger partial charge in [0.2, 0.25) is 5.91 Å². The maximum atomic E-state index is 11.9. The summed E-state index contributed by atoms with van der Waals surface area (Å²) in [5.41, 5.74) is 6.67. The fourth-order valence-electron chi connectivity index (χ4n) is 1.68. The number of carbonyl (C=O) groups excluding carboxylic acids is 1. The first kappa shape index (κ1) is 13.4. The van der Waals surface area contributed by atoms with Crippen molar-refractivity contribution in [1.29, 1.82) is 0 Å². The molecule has 1 aromatic carbocycles. The van der Waals surface area contributed by atoms with Crippen molar-refractivity contribution in [2.45, 2.75) is 20.4 Å². The number of carbonyl (C=O) groups is 1. The Bertz CT molecular complexity index is 623. The molecule has 0 aliphatic heterocycles. The maximum Gasteiger partial charge on any atom is 0.246 e. The maximum absolute atomic E-state index is 11.9. The molecular formula is C12H14ClN5O. The molecule has 6 nitrogen and oxygen atoms in total. The number of hydrogen-bond acceptors (Lipinski definition) is 4. The number of amides is 1. The van der Waals surface area contributed by atoms with Crippen molar-refractivity contribution in [3.63, 3.8) is 0 Å². The van der Waals surface area contributed by atoms with Crippen molar-refractivity contribution in [3.05, 3.63) is 34.9 Å². The van der Waals surface area contributed by atoms with Gasteiger partial charge in [0.25, 0.3) is 0 Å². The summed E-state index contributed by atoms with van der Waals surface area (Å²) in [6.07, 6.45) is 0. The fourth-order valence-corrected chi connectivity index (χ4v) is 1.84. The highest BCUT2D eigenvalue weighted by Crippen LogP contribution is 2.23. The molecule has 0 radical (unpaired) electrons. The van der Waals surface area contributed by atoms with Crippen LogP contribution in [0.25, 0.3) is 0 Å². The first-order chi connectivity index (χ1) is 8.95. The van der Waals surface area contributed by atoms with Gasteiger partial charge in [-0.25, -0.2) is 9.67 Å². The number of aromatic nitrogens is 3. The van der Waals surface area contributed by atoms with Crippen molar-refractivity contribution < 1.29 is 4.79 Å². The van der Waals surface area contributed by atoms with Crippen molar-refractivity contribution in [2.75, 3.05) is 11.1 Å². The highest BCUT2D eigenvalue weighted by atomic mass is 35.5. The predicted molar refractivity (Wildman–Crippen MR) is 74.0 cm³/mol. The number of nitrogens with zero attached hydrogens (tertiary/aromatic N) is 3. The Morgan fingerprint density at radius 1 is 1.47 bits per heavy atom. The van der Waals surface area contributed by atoms with E-state index in [0.717, 1.165) is 0 Å². The van der Waals surface area contributed by atoms with E-state index in [1.165, 1.54) is 4.68 Å². The Morgan fingerprint density at radius 2 is 2.21 bits per heavy atom. The molecular weight excluding hydrogens is 266 g/mol. The second-order valence-electron chi connectivity index (χ2n) is 4.15. The summed E-state index contributed by atoms with van der Waals surface area (Å²) in [7, 11) is 0. The van der Waals surface area contributed by atoms with Gasteiger partial charge in [-0.2, -0.15) is 5.10 Å². The van der Waals surface area contributed by atoms with Gasteiger partial charge in [-0.1, -0.05) is 11.6 Å². The van der Waals surface area contributed by atoms with Gasteiger partial charge in [-0.05, 0) is 32.0 Å². The van der Waals surface area contributed by atoms with Gasteiger partial charge in [0.1, 0.15) is 18.2 Å². The highest BCUT2D eigenvalue weighted by molar-refractivity contribution is 6.33. The third-order valence-electron chi connectivity index (χ3n) is 2.52. The fraction of sp³-hybridized carbons (Fsp3) is 0.250. The van der Waals surface area contributed by atoms with Crippen LogP contribution in [0.15, 0.2) is 18.2 Å². The first-order valence-electron chi connectivity index (χ1n) is 5.68. The van der Waals surface area contributed by atoms with Gasteiger partial charge in [0, 0.05) is 5.69 Å². The molecule has 100 valence electrons. The summed E-state index contributed by atoms with van der Waals surface area (Å²) in [5, 5.41) is 7.25. The van der Waals surface area contributed by atoms with Crippen LogP contribution in [0, 0.1) is 13.8 Å². The highest BCUT2D eigenvalue weighted by Gasteiger charge is 2.10. The SMILES string of the molecule is Cc1nc(C)n(CC(=O)Nc2cc(N)ccc2Cl)n1. The van der Waals surface area contributed by atoms with E-state index in [4.69, 9.17) is 17.3 Å². The zero-order valence-electron chi connectivity index (χ0n) is 10.6. The largest absolute Gasteiger partial charge is 0.399 e. The standard InChI is InChI=1S/C12H14ClN5O/c1-7-15-8(2)18(17-7)6-12(19)16-11-5-9(14)3-4-10(11)13/h3-5H,6,14H2,1-2H3,(H,16,19). The average molecular weight is 280 g/mol. The van der Waals surface area contributed by atoms with Crippen LogP contribution in [0.5, 0.6) is 0 Å². The molecule has 0 unspecified atom stereocenters. The summed E-state index contributed by atoms with van der Waals surface area (Å²) in [6, 6.07) is 4.92. The minimum Gasteiger partial charge on any atom is -0.399 e. The Kier molecular flexibility index (Phi) is 3.71. The molecule has 1 aromatic heterocycles. The van der Waals surface area contributed by atoms with Gasteiger partial charge in [0.15, 0.2) is 0 Å². The van der Waals surface area contributed by atoms with Crippen LogP contribution >= 0.6 is 11.6 Å². The van der Waals surface area contributed by atoms with Crippen molar-refractivity contribution in [3.8, 4) is 0 Å². The number of rotatable bonds is 3. The zero-order valence-corrected chi connectivity index (χ0v) is 11.4. The molecule has 2 aromatic rings. The van der Waals surface area contributed by atoms with Crippen LogP contribution in [0.4, 0.5) is 11.4 Å². The molecule has 0 atom stereocenters. The normalized spacial score (nSPS) is 10.5. The third-order valence-corrected chi connectivity index (χ3v) is 2.85. The summed E-state index contributed by atoms with van der Waals surface area (Å²) >= 11 is 5.97. The van der Waals surface area contributed by atoms with Gasteiger partial charge in [-0.15, -0.1) is 0 Å². The molecule has 1 heterocycles. The number of anilines is 2. The lowest BCUT2D eigenvalue weighted by atomic mass is 10.3. The Balaban J connectivity index is 2.09. The number of nitrogens with one attached hydrogen (secondary N) is 1. The van der Waals surface area contributed by atoms with E-state index in [2.05, 4.69) is 15.4 Å². The lowest BCUT2D eigenvalue weighted by molar-refractivity contribution is -0.116. The van der Waals surface area contributed by atoms with E-state index in [0.29, 0.717) is 28.0 Å². The number of aryl methyl sites for hydroxylation is 2. The second kappa shape index (κ2) is 5.27. The van der Waals surface area contributed by atoms with Crippen LogP contribution in [-0.2, 0) is 11.3 Å². The molecule has 0 fully saturated rings. The number of nitrogen functional groups attached to an aromatic ring is 1. The average Bonchev–Trinajstić information content (AvgIpc) is 2.62. The van der Waals surface area contributed by atoms with E-state index in [1.54, 1.807) is 32.0 Å². The monoisotopic (exact) mass is 279 g/mol. The van der Waals surface area contributed by atoms with Gasteiger partial charge >= 0.3 is 0 Å². The number of nitrogens with two attached hydrogens (primary N) is 1. The summed E-state index contributed by atoms with van der Waals surface area (Å²) in [4.78, 5) is 16.0. The van der Waals surface area contributed by atoms with E-state index in [9.17, 15) is 4.79 Å². The Morgan fingerprint density at radius 3 is 2.84 bits per heavy atom. The van der Waals surface area contributed by atoms with Crippen molar-refractivity contribution in [2.24, 2.45) is 0 Å². The minimum absolute atomic E-state index is 0.0812. The molecule has 0 spiro atoms. The zero-order chi connectivity index (χ0) is 14.0. The topological polar surface area (TPSA) is 85.8 Å². The van der Waals surface area contributed by atoms with E-state index >= 15 is 0 Å². The summed E-state index contributed by atoms with van der Waals surface area (Å²) in [6.45, 7) is 3.65. The van der Waals surface area contributed by atoms with Gasteiger partial charge in [-0.3, -0.25) is 4.79 Å². The van der Waals surface area contributed by atoms with Crippen molar-refractivity contribution in [1.82, 2.24) is 14.8 Å². The molecule has 0 aliphatic rings. The lowest BCUT2D eigenvalue weighted by Gasteiger charge is -2.08. The molecule has 0 aliphatic carbocycles. The van der Waals surface area contributed by atoms with Gasteiger partial charge in [0.05, 0.1) is 10.7 Å². The second-order valence-corrected chi connectivity index (χ2v) is 4.56. The van der Waals surface area contributed by atoms with Crippen LogP contribution in [0.3, 0.4) is 0 Å². The molecule has 19 heavy (non-hydrogen) atoms. The predicted octanol–water partition coefficient (Wildman–Crippen LogP) is 1.77. The minimum atomic E-state index is -0.236. The van der Waals surface area contributed by atoms with E-state index in [-0.39, 0.29) is 12.5 Å². The Labute approximate surface area is 115 Å². The molecule has 0 saturated carbocycles. The van der Waals surface area contributed by atoms with Crippen LogP contribution in [-0.4, -0.2) is 20.7 Å². The number of halogens is 1.